The van der Waals surface area contributed by atoms with E-state index in [1.165, 1.54) is 5.56 Å². The Morgan fingerprint density at radius 1 is 1.26 bits per heavy atom. The van der Waals surface area contributed by atoms with Gasteiger partial charge in [0.25, 0.3) is 0 Å². The van der Waals surface area contributed by atoms with Gasteiger partial charge in [-0.2, -0.15) is 0 Å². The van der Waals surface area contributed by atoms with E-state index in [1.54, 1.807) is 6.07 Å². The van der Waals surface area contributed by atoms with E-state index in [2.05, 4.69) is 48.1 Å². The molecule has 19 heavy (non-hydrogen) atoms. The Labute approximate surface area is 111 Å². The summed E-state index contributed by atoms with van der Waals surface area (Å²) in [7, 11) is 0. The second kappa shape index (κ2) is 5.16. The summed E-state index contributed by atoms with van der Waals surface area (Å²) in [4.78, 5) is 2.69. The molecule has 0 bridgehead atoms. The normalized spacial score (nSPS) is 11.1. The molecular weight excluding hydrogens is 240 g/mol. The van der Waals surface area contributed by atoms with E-state index in [-0.39, 0.29) is 12.0 Å². The van der Waals surface area contributed by atoms with Crippen LogP contribution >= 0.6 is 0 Å². The minimum atomic E-state index is 0.134. The lowest BCUT2D eigenvalue weighted by Gasteiger charge is -2.18. The average molecular weight is 256 g/mol. The number of benzene rings is 1. The van der Waals surface area contributed by atoms with Gasteiger partial charge in [0.1, 0.15) is 11.5 Å². The summed E-state index contributed by atoms with van der Waals surface area (Å²) in [6.07, 6.45) is 0. The first kappa shape index (κ1) is 13.2. The van der Waals surface area contributed by atoms with Crippen LogP contribution < -0.4 is 0 Å². The predicted molar refractivity (Wildman–Crippen MR) is 73.5 cm³/mol. The molecule has 1 aromatic heterocycles. The van der Waals surface area contributed by atoms with Crippen molar-refractivity contribution in [2.75, 3.05) is 0 Å². The van der Waals surface area contributed by atoms with Crippen molar-refractivity contribution >= 4 is 0 Å². The third-order valence-corrected chi connectivity index (χ3v) is 2.90. The molecule has 0 atom stereocenters. The Hall–Kier alpha value is -2.26. The van der Waals surface area contributed by atoms with Gasteiger partial charge < -0.3 is 4.52 Å². The van der Waals surface area contributed by atoms with Crippen LogP contribution in [-0.2, 0) is 12.0 Å². The van der Waals surface area contributed by atoms with Crippen LogP contribution in [0, 0.1) is 0 Å². The first-order valence-electron chi connectivity index (χ1n) is 6.08. The fourth-order valence-corrected chi connectivity index (χ4v) is 1.77. The molecule has 2 aromatic rings. The second-order valence-corrected chi connectivity index (χ2v) is 5.39. The van der Waals surface area contributed by atoms with Crippen molar-refractivity contribution in [1.29, 1.82) is 0 Å². The number of aromatic nitrogens is 1. The Bertz CT molecular complexity index is 601. The van der Waals surface area contributed by atoms with Gasteiger partial charge >= 0.3 is 0 Å². The number of nitrogens with zero attached hydrogens (tertiary/aromatic N) is 4. The highest BCUT2D eigenvalue weighted by Crippen LogP contribution is 2.26. The summed E-state index contributed by atoms with van der Waals surface area (Å²) in [5.41, 5.74) is 11.4. The number of azide groups is 1. The van der Waals surface area contributed by atoms with Gasteiger partial charge in [0.15, 0.2) is 0 Å². The van der Waals surface area contributed by atoms with Crippen molar-refractivity contribution < 1.29 is 4.52 Å². The fourth-order valence-electron chi connectivity index (χ4n) is 1.77. The predicted octanol–water partition coefficient (Wildman–Crippen LogP) is 4.45. The quantitative estimate of drug-likeness (QED) is 0.462. The molecule has 0 spiro atoms. The maximum atomic E-state index is 8.25. The van der Waals surface area contributed by atoms with Crippen molar-refractivity contribution in [1.82, 2.24) is 5.16 Å². The highest BCUT2D eigenvalue weighted by Gasteiger charge is 2.13. The van der Waals surface area contributed by atoms with E-state index in [0.717, 1.165) is 11.3 Å². The SMILES string of the molecule is CC(C)(C)c1ccc(-c2cc(CN=[N+]=[N-])on2)cc1. The van der Waals surface area contributed by atoms with E-state index in [4.69, 9.17) is 10.1 Å². The molecule has 0 radical (unpaired) electrons. The summed E-state index contributed by atoms with van der Waals surface area (Å²) in [5.74, 6) is 0.563. The van der Waals surface area contributed by atoms with Gasteiger partial charge in [0.05, 0.1) is 6.54 Å². The van der Waals surface area contributed by atoms with Gasteiger partial charge in [-0.15, -0.1) is 0 Å². The van der Waals surface area contributed by atoms with E-state index in [9.17, 15) is 0 Å². The van der Waals surface area contributed by atoms with Gasteiger partial charge in [-0.1, -0.05) is 55.3 Å². The van der Waals surface area contributed by atoms with Crippen LogP contribution in [0.5, 0.6) is 0 Å². The van der Waals surface area contributed by atoms with Crippen LogP contribution in [0.1, 0.15) is 32.1 Å². The molecule has 0 aliphatic carbocycles. The summed E-state index contributed by atoms with van der Waals surface area (Å²) in [5, 5.41) is 7.42. The van der Waals surface area contributed by atoms with Crippen molar-refractivity contribution in [3.63, 3.8) is 0 Å². The molecule has 1 heterocycles. The standard InChI is InChI=1S/C14H16N4O/c1-14(2,3)11-6-4-10(5-7-11)13-8-12(19-17-13)9-16-18-15/h4-8H,9H2,1-3H3. The topological polar surface area (TPSA) is 74.8 Å². The zero-order valence-electron chi connectivity index (χ0n) is 11.3. The monoisotopic (exact) mass is 256 g/mol. The Balaban J connectivity index is 2.22. The van der Waals surface area contributed by atoms with Gasteiger partial charge in [0.2, 0.25) is 0 Å². The summed E-state index contributed by atoms with van der Waals surface area (Å²) in [6.45, 7) is 6.71. The van der Waals surface area contributed by atoms with E-state index < -0.39 is 0 Å². The third-order valence-electron chi connectivity index (χ3n) is 2.90. The van der Waals surface area contributed by atoms with E-state index >= 15 is 0 Å². The van der Waals surface area contributed by atoms with E-state index in [1.807, 2.05) is 12.1 Å². The Morgan fingerprint density at radius 3 is 2.53 bits per heavy atom. The van der Waals surface area contributed by atoms with Crippen LogP contribution in [0.4, 0.5) is 0 Å². The molecule has 0 aliphatic rings. The van der Waals surface area contributed by atoms with Gasteiger partial charge in [-0.05, 0) is 16.5 Å². The summed E-state index contributed by atoms with van der Waals surface area (Å²) >= 11 is 0. The zero-order chi connectivity index (χ0) is 13.9. The lowest BCUT2D eigenvalue weighted by Crippen LogP contribution is -2.10. The average Bonchev–Trinajstić information content (AvgIpc) is 2.84. The molecule has 2 rings (SSSR count). The van der Waals surface area contributed by atoms with Crippen LogP contribution in [0.3, 0.4) is 0 Å². The number of rotatable bonds is 3. The molecule has 5 nitrogen and oxygen atoms in total. The molecular formula is C14H16N4O. The number of hydrogen-bond donors (Lipinski definition) is 0. The summed E-state index contributed by atoms with van der Waals surface area (Å²) < 4.78 is 5.10. The van der Waals surface area contributed by atoms with Crippen molar-refractivity contribution in [3.8, 4) is 11.3 Å². The van der Waals surface area contributed by atoms with Crippen molar-refractivity contribution in [2.24, 2.45) is 5.11 Å². The maximum Gasteiger partial charge on any atom is 0.143 e. The molecule has 0 fully saturated rings. The smallest absolute Gasteiger partial charge is 0.143 e. The lowest BCUT2D eigenvalue weighted by atomic mass is 9.86. The van der Waals surface area contributed by atoms with Crippen molar-refractivity contribution in [3.05, 3.63) is 52.1 Å². The highest BCUT2D eigenvalue weighted by molar-refractivity contribution is 5.59. The molecule has 0 saturated heterocycles. The Kier molecular flexibility index (Phi) is 3.58. The molecule has 1 aromatic carbocycles. The first-order chi connectivity index (χ1) is 9.00. The van der Waals surface area contributed by atoms with Gasteiger partial charge in [0, 0.05) is 16.5 Å². The maximum absolute atomic E-state index is 8.25. The largest absolute Gasteiger partial charge is 0.361 e. The van der Waals surface area contributed by atoms with Crippen LogP contribution in [0.25, 0.3) is 21.7 Å². The van der Waals surface area contributed by atoms with Gasteiger partial charge in [-0.3, -0.25) is 0 Å². The molecule has 0 amide bonds. The molecule has 0 saturated carbocycles. The molecule has 98 valence electrons. The van der Waals surface area contributed by atoms with Crippen molar-refractivity contribution in [2.45, 2.75) is 32.7 Å². The van der Waals surface area contributed by atoms with Crippen LogP contribution in [0.15, 0.2) is 40.0 Å². The minimum Gasteiger partial charge on any atom is -0.361 e. The minimum absolute atomic E-state index is 0.134. The molecule has 0 aliphatic heterocycles. The zero-order valence-corrected chi connectivity index (χ0v) is 11.3. The van der Waals surface area contributed by atoms with Gasteiger partial charge in [-0.25, -0.2) is 0 Å². The molecule has 5 heteroatoms. The highest BCUT2D eigenvalue weighted by atomic mass is 16.5. The number of hydrogen-bond acceptors (Lipinski definition) is 3. The third kappa shape index (κ3) is 3.14. The molecule has 0 N–H and O–H groups in total. The second-order valence-electron chi connectivity index (χ2n) is 5.39. The lowest BCUT2D eigenvalue weighted by molar-refractivity contribution is 0.387. The molecule has 0 unspecified atom stereocenters. The summed E-state index contributed by atoms with van der Waals surface area (Å²) in [6, 6.07) is 10.0. The first-order valence-corrected chi connectivity index (χ1v) is 6.08. The fraction of sp³-hybridized carbons (Fsp3) is 0.357. The van der Waals surface area contributed by atoms with Crippen LogP contribution in [-0.4, -0.2) is 5.16 Å². The van der Waals surface area contributed by atoms with E-state index in [0.29, 0.717) is 5.76 Å². The Morgan fingerprint density at radius 2 is 1.95 bits per heavy atom. The van der Waals surface area contributed by atoms with Crippen LogP contribution in [0.2, 0.25) is 0 Å².